The minimum Gasteiger partial charge on any atom is -0.143 e. The third kappa shape index (κ3) is 2.75. The molecule has 0 spiro atoms. The van der Waals surface area contributed by atoms with Crippen molar-refractivity contribution in [1.82, 2.24) is 10.2 Å². The third-order valence-electron chi connectivity index (χ3n) is 4.22. The monoisotopic (exact) mass is 306 g/mol. The molecule has 106 valence electrons. The van der Waals surface area contributed by atoms with Crippen LogP contribution in [0.3, 0.4) is 0 Å². The molecule has 1 aliphatic rings. The molecule has 2 aromatic rings. The van der Waals surface area contributed by atoms with E-state index in [0.717, 1.165) is 15.6 Å². The van der Waals surface area contributed by atoms with Crippen LogP contribution < -0.4 is 0 Å². The fraction of sp³-hybridized carbons (Fsp3) is 0.500. The molecule has 2 nitrogen and oxygen atoms in total. The third-order valence-corrected chi connectivity index (χ3v) is 6.11. The zero-order valence-electron chi connectivity index (χ0n) is 11.7. The van der Waals surface area contributed by atoms with E-state index in [2.05, 4.69) is 17.1 Å². The van der Waals surface area contributed by atoms with Gasteiger partial charge in [-0.2, -0.15) is 0 Å². The molecule has 4 heteroatoms. The average molecular weight is 307 g/mol. The number of halogens is 1. The Balaban J connectivity index is 1.83. The topological polar surface area (TPSA) is 25.8 Å². The Bertz CT molecular complexity index is 561. The molecule has 0 aliphatic heterocycles. The maximum absolute atomic E-state index is 6.54. The van der Waals surface area contributed by atoms with Gasteiger partial charge in [0.15, 0.2) is 0 Å². The van der Waals surface area contributed by atoms with Gasteiger partial charge in [0.25, 0.3) is 0 Å². The minimum atomic E-state index is -0.186. The highest BCUT2D eigenvalue weighted by molar-refractivity contribution is 7.11. The number of alkyl halides is 1. The smallest absolute Gasteiger partial charge is 0.139 e. The summed E-state index contributed by atoms with van der Waals surface area (Å²) in [5.74, 6) is 0. The minimum absolute atomic E-state index is 0.186. The number of nitrogens with zero attached hydrogens (tertiary/aromatic N) is 2. The van der Waals surface area contributed by atoms with Crippen molar-refractivity contribution in [2.24, 2.45) is 0 Å². The zero-order chi connectivity index (χ0) is 14.0. The van der Waals surface area contributed by atoms with Gasteiger partial charge in [0.2, 0.25) is 0 Å². The Kier molecular flexibility index (Phi) is 4.08. The van der Waals surface area contributed by atoms with E-state index in [1.54, 1.807) is 11.3 Å². The molecule has 20 heavy (non-hydrogen) atoms. The van der Waals surface area contributed by atoms with Crippen LogP contribution in [0.1, 0.15) is 60.0 Å². The van der Waals surface area contributed by atoms with E-state index >= 15 is 0 Å². The van der Waals surface area contributed by atoms with Gasteiger partial charge in [0.1, 0.15) is 15.4 Å². The average Bonchev–Trinajstić information content (AvgIpc) is 2.99. The SMILES string of the molecule is CC1(c2nnc(C(Cl)c3ccccc3)s2)CCCCC1. The van der Waals surface area contributed by atoms with Crippen LogP contribution >= 0.6 is 22.9 Å². The first-order valence-corrected chi connectivity index (χ1v) is 8.47. The predicted octanol–water partition coefficient (Wildman–Crippen LogP) is 5.09. The van der Waals surface area contributed by atoms with Gasteiger partial charge in [-0.1, -0.05) is 67.9 Å². The quantitative estimate of drug-likeness (QED) is 0.738. The molecule has 0 amide bonds. The molecule has 0 N–H and O–H groups in total. The summed E-state index contributed by atoms with van der Waals surface area (Å²) < 4.78 is 0. The second-order valence-corrected chi connectivity index (χ2v) is 7.29. The van der Waals surface area contributed by atoms with Crippen molar-refractivity contribution in [1.29, 1.82) is 0 Å². The molecule has 1 heterocycles. The van der Waals surface area contributed by atoms with Crippen LogP contribution in [-0.4, -0.2) is 10.2 Å². The number of hydrogen-bond donors (Lipinski definition) is 0. The highest BCUT2D eigenvalue weighted by Crippen LogP contribution is 2.42. The number of rotatable bonds is 3. The lowest BCUT2D eigenvalue weighted by atomic mass is 9.76. The predicted molar refractivity (Wildman–Crippen MR) is 84.5 cm³/mol. The van der Waals surface area contributed by atoms with Crippen molar-refractivity contribution in [2.45, 2.75) is 49.8 Å². The molecule has 0 radical (unpaired) electrons. The van der Waals surface area contributed by atoms with E-state index in [1.165, 1.54) is 32.1 Å². The Hall–Kier alpha value is -0.930. The maximum Gasteiger partial charge on any atom is 0.139 e. The molecule has 0 saturated heterocycles. The Labute approximate surface area is 129 Å². The Morgan fingerprint density at radius 1 is 1.10 bits per heavy atom. The number of hydrogen-bond acceptors (Lipinski definition) is 3. The first-order valence-electron chi connectivity index (χ1n) is 7.22. The van der Waals surface area contributed by atoms with E-state index in [0.29, 0.717) is 0 Å². The van der Waals surface area contributed by atoms with Gasteiger partial charge in [0, 0.05) is 5.41 Å². The Morgan fingerprint density at radius 3 is 2.50 bits per heavy atom. The van der Waals surface area contributed by atoms with Crippen LogP contribution in [0.5, 0.6) is 0 Å². The van der Waals surface area contributed by atoms with Crippen molar-refractivity contribution in [3.05, 3.63) is 45.9 Å². The summed E-state index contributed by atoms with van der Waals surface area (Å²) in [6.45, 7) is 2.32. The first kappa shape index (κ1) is 14.0. The van der Waals surface area contributed by atoms with Crippen molar-refractivity contribution in [2.75, 3.05) is 0 Å². The van der Waals surface area contributed by atoms with Crippen LogP contribution in [-0.2, 0) is 5.41 Å². The van der Waals surface area contributed by atoms with Crippen LogP contribution in [0.25, 0.3) is 0 Å². The van der Waals surface area contributed by atoms with E-state index < -0.39 is 0 Å². The van der Waals surface area contributed by atoms with Gasteiger partial charge >= 0.3 is 0 Å². The normalized spacial score (nSPS) is 19.7. The highest BCUT2D eigenvalue weighted by atomic mass is 35.5. The summed E-state index contributed by atoms with van der Waals surface area (Å²) in [6.07, 6.45) is 6.39. The molecule has 1 aromatic carbocycles. The number of aromatic nitrogens is 2. The fourth-order valence-electron chi connectivity index (χ4n) is 2.89. The van der Waals surface area contributed by atoms with Gasteiger partial charge in [-0.3, -0.25) is 0 Å². The van der Waals surface area contributed by atoms with Gasteiger partial charge in [0.05, 0.1) is 0 Å². The largest absolute Gasteiger partial charge is 0.143 e. The van der Waals surface area contributed by atoms with Gasteiger partial charge in [-0.25, -0.2) is 0 Å². The van der Waals surface area contributed by atoms with Crippen LogP contribution in [0.15, 0.2) is 30.3 Å². The van der Waals surface area contributed by atoms with Crippen molar-refractivity contribution in [3.8, 4) is 0 Å². The van der Waals surface area contributed by atoms with Crippen LogP contribution in [0.4, 0.5) is 0 Å². The van der Waals surface area contributed by atoms with Crippen LogP contribution in [0, 0.1) is 0 Å². The van der Waals surface area contributed by atoms with E-state index in [-0.39, 0.29) is 10.8 Å². The van der Waals surface area contributed by atoms with Gasteiger partial charge < -0.3 is 0 Å². The molecular formula is C16H19ClN2S. The summed E-state index contributed by atoms with van der Waals surface area (Å²) in [4.78, 5) is 0. The van der Waals surface area contributed by atoms with Crippen molar-refractivity contribution < 1.29 is 0 Å². The van der Waals surface area contributed by atoms with E-state index in [9.17, 15) is 0 Å². The summed E-state index contributed by atoms with van der Waals surface area (Å²) in [7, 11) is 0. The second-order valence-electron chi connectivity index (χ2n) is 5.84. The lowest BCUT2D eigenvalue weighted by Crippen LogP contribution is -2.24. The lowest BCUT2D eigenvalue weighted by molar-refractivity contribution is 0.317. The van der Waals surface area contributed by atoms with E-state index in [4.69, 9.17) is 11.6 Å². The Morgan fingerprint density at radius 2 is 1.80 bits per heavy atom. The molecular weight excluding hydrogens is 288 g/mol. The molecule has 1 aliphatic carbocycles. The molecule has 0 bridgehead atoms. The lowest BCUT2D eigenvalue weighted by Gasteiger charge is -2.30. The van der Waals surface area contributed by atoms with Crippen molar-refractivity contribution in [3.63, 3.8) is 0 Å². The molecule has 3 rings (SSSR count). The summed E-state index contributed by atoms with van der Waals surface area (Å²) in [5, 5.41) is 10.7. The molecule has 1 unspecified atom stereocenters. The van der Waals surface area contributed by atoms with E-state index in [1.807, 2.05) is 30.3 Å². The molecule has 1 fully saturated rings. The summed E-state index contributed by atoms with van der Waals surface area (Å²) in [6, 6.07) is 10.1. The zero-order valence-corrected chi connectivity index (χ0v) is 13.3. The fourth-order valence-corrected chi connectivity index (χ4v) is 4.27. The molecule has 1 atom stereocenters. The first-order chi connectivity index (χ1) is 9.69. The highest BCUT2D eigenvalue weighted by Gasteiger charge is 2.33. The van der Waals surface area contributed by atoms with Gasteiger partial charge in [-0.15, -0.1) is 21.8 Å². The summed E-state index contributed by atoms with van der Waals surface area (Å²) in [5.41, 5.74) is 1.30. The summed E-state index contributed by atoms with van der Waals surface area (Å²) >= 11 is 8.22. The molecule has 1 saturated carbocycles. The van der Waals surface area contributed by atoms with Crippen LogP contribution in [0.2, 0.25) is 0 Å². The van der Waals surface area contributed by atoms with Gasteiger partial charge in [-0.05, 0) is 18.4 Å². The van der Waals surface area contributed by atoms with Crippen molar-refractivity contribution >= 4 is 22.9 Å². The molecule has 1 aromatic heterocycles. The maximum atomic E-state index is 6.54. The number of benzene rings is 1. The second kappa shape index (κ2) is 5.82. The standard InChI is InChI=1S/C16H19ClN2S/c1-16(10-6-3-7-11-16)15-19-18-14(20-15)13(17)12-8-4-2-5-9-12/h2,4-5,8-9,13H,3,6-7,10-11H2,1H3.